The molecule has 2 heterocycles. The number of rotatable bonds is 17. The normalized spacial score (nSPS) is 16.2. The van der Waals surface area contributed by atoms with Crippen molar-refractivity contribution in [3.63, 3.8) is 0 Å². The lowest BCUT2D eigenvalue weighted by Gasteiger charge is -2.40. The van der Waals surface area contributed by atoms with E-state index in [1.165, 1.54) is 71.9 Å². The predicted octanol–water partition coefficient (Wildman–Crippen LogP) is 11.6. The Hall–Kier alpha value is -5.21. The molecule has 5 aromatic rings. The number of likely N-dealkylation sites (tertiary alicyclic amines) is 1. The van der Waals surface area contributed by atoms with E-state index < -0.39 is 0 Å². The van der Waals surface area contributed by atoms with E-state index in [2.05, 4.69) is 89.5 Å². The summed E-state index contributed by atoms with van der Waals surface area (Å²) >= 11 is 0. The van der Waals surface area contributed by atoms with Crippen LogP contribution in [-0.4, -0.2) is 64.6 Å². The molecule has 0 atom stereocenters. The summed E-state index contributed by atoms with van der Waals surface area (Å²) in [6.45, 7) is 5.91. The van der Waals surface area contributed by atoms with Crippen LogP contribution in [0.2, 0.25) is 0 Å². The standard InChI is InChI=1S/C52H63N3O5/c1-7-11-46-47(37-13-9-14-37)27-41(29-50(46)58-4)49-25-36(18-21-53-49)33-54-22-19-42(20-23-54)55(43-30-44(56-2)32-45(31-43)57-3)34-35-12-8-17-39(24-35)40-26-48(38-15-10-16-38)52(60-6)51(28-40)59-5/h8,12,17-18,21,24-32,37-38,42H,7,9-11,13-16,19-20,22-23,33-34H2,1-6H3. The molecule has 3 aliphatic rings. The first kappa shape index (κ1) is 41.5. The van der Waals surface area contributed by atoms with Gasteiger partial charge in [-0.2, -0.15) is 0 Å². The molecule has 316 valence electrons. The topological polar surface area (TPSA) is 65.5 Å². The van der Waals surface area contributed by atoms with Gasteiger partial charge in [0.2, 0.25) is 0 Å². The maximum Gasteiger partial charge on any atom is 0.164 e. The molecular formula is C52H63N3O5. The zero-order valence-electron chi connectivity index (χ0n) is 36.6. The highest BCUT2D eigenvalue weighted by atomic mass is 16.5. The van der Waals surface area contributed by atoms with Crippen LogP contribution >= 0.6 is 0 Å². The van der Waals surface area contributed by atoms with Gasteiger partial charge < -0.3 is 28.6 Å². The van der Waals surface area contributed by atoms with Crippen molar-refractivity contribution in [1.82, 2.24) is 9.88 Å². The molecule has 60 heavy (non-hydrogen) atoms. The van der Waals surface area contributed by atoms with Crippen molar-refractivity contribution in [3.05, 3.63) is 113 Å². The van der Waals surface area contributed by atoms with E-state index in [-0.39, 0.29) is 0 Å². The molecule has 8 rings (SSSR count). The number of aromatic nitrogens is 1. The predicted molar refractivity (Wildman–Crippen MR) is 242 cm³/mol. The second-order valence-electron chi connectivity index (χ2n) is 17.0. The fraction of sp³-hybridized carbons (Fsp3) is 0.442. The number of benzene rings is 4. The Morgan fingerprint density at radius 2 is 1.32 bits per heavy atom. The molecule has 3 fully saturated rings. The van der Waals surface area contributed by atoms with Gasteiger partial charge in [0.1, 0.15) is 17.2 Å². The third kappa shape index (κ3) is 8.95. The number of piperidine rings is 1. The van der Waals surface area contributed by atoms with E-state index in [1.54, 1.807) is 28.4 Å². The summed E-state index contributed by atoms with van der Waals surface area (Å²) in [5, 5.41) is 0. The summed E-state index contributed by atoms with van der Waals surface area (Å²) in [7, 11) is 8.74. The van der Waals surface area contributed by atoms with Gasteiger partial charge in [-0.3, -0.25) is 9.88 Å². The van der Waals surface area contributed by atoms with Crippen LogP contribution in [-0.2, 0) is 19.5 Å². The fourth-order valence-corrected chi connectivity index (χ4v) is 9.59. The van der Waals surface area contributed by atoms with Gasteiger partial charge >= 0.3 is 0 Å². The molecule has 8 nitrogen and oxygen atoms in total. The number of nitrogens with zero attached hydrogens (tertiary/aromatic N) is 3. The Morgan fingerprint density at radius 1 is 0.633 bits per heavy atom. The van der Waals surface area contributed by atoms with Crippen molar-refractivity contribution in [1.29, 1.82) is 0 Å². The Bertz CT molecular complexity index is 2220. The van der Waals surface area contributed by atoms with Crippen LogP contribution in [0.1, 0.15) is 104 Å². The number of anilines is 1. The van der Waals surface area contributed by atoms with Crippen molar-refractivity contribution in [3.8, 4) is 51.1 Å². The Kier molecular flexibility index (Phi) is 13.2. The molecule has 1 aliphatic heterocycles. The number of hydrogen-bond acceptors (Lipinski definition) is 8. The molecule has 4 aromatic carbocycles. The maximum atomic E-state index is 5.99. The molecule has 0 bridgehead atoms. The number of pyridine rings is 1. The van der Waals surface area contributed by atoms with Gasteiger partial charge in [-0.15, -0.1) is 0 Å². The molecule has 2 aliphatic carbocycles. The maximum absolute atomic E-state index is 5.99. The van der Waals surface area contributed by atoms with Crippen LogP contribution < -0.4 is 28.6 Å². The van der Waals surface area contributed by atoms with E-state index in [4.69, 9.17) is 28.7 Å². The summed E-state index contributed by atoms with van der Waals surface area (Å²) in [5.41, 5.74) is 12.3. The molecule has 1 saturated heterocycles. The molecular weight excluding hydrogens is 747 g/mol. The SMILES string of the molecule is CCCc1c(OC)cc(-c2cc(CN3CCC(N(Cc4cccc(-c5cc(OC)c(OC)c(C6CCC6)c5)c4)c4cc(OC)cc(OC)c4)CC3)ccn2)cc1C1CCC1. The average molecular weight is 810 g/mol. The van der Waals surface area contributed by atoms with Gasteiger partial charge in [0.05, 0.1) is 41.2 Å². The Morgan fingerprint density at radius 3 is 1.95 bits per heavy atom. The molecule has 0 spiro atoms. The molecule has 2 saturated carbocycles. The van der Waals surface area contributed by atoms with Crippen molar-refractivity contribution in [2.45, 2.75) is 102 Å². The van der Waals surface area contributed by atoms with Crippen LogP contribution in [0.15, 0.2) is 85.1 Å². The molecule has 0 amide bonds. The van der Waals surface area contributed by atoms with Crippen LogP contribution in [0, 0.1) is 0 Å². The van der Waals surface area contributed by atoms with Crippen molar-refractivity contribution >= 4 is 5.69 Å². The minimum atomic E-state index is 0.333. The quantitative estimate of drug-likeness (QED) is 0.0920. The summed E-state index contributed by atoms with van der Waals surface area (Å²) in [6, 6.07) is 29.1. The highest BCUT2D eigenvalue weighted by Gasteiger charge is 2.29. The van der Waals surface area contributed by atoms with Crippen LogP contribution in [0.5, 0.6) is 28.7 Å². The van der Waals surface area contributed by atoms with E-state index >= 15 is 0 Å². The van der Waals surface area contributed by atoms with Crippen LogP contribution in [0.25, 0.3) is 22.4 Å². The fourth-order valence-electron chi connectivity index (χ4n) is 9.59. The van der Waals surface area contributed by atoms with E-state index in [9.17, 15) is 0 Å². The Labute approximate surface area is 357 Å². The second kappa shape index (κ2) is 19.0. The first-order valence-corrected chi connectivity index (χ1v) is 22.1. The lowest BCUT2D eigenvalue weighted by Crippen LogP contribution is -2.44. The van der Waals surface area contributed by atoms with Crippen molar-refractivity contribution in [2.75, 3.05) is 53.5 Å². The van der Waals surface area contributed by atoms with Crippen LogP contribution in [0.3, 0.4) is 0 Å². The third-order valence-electron chi connectivity index (χ3n) is 13.4. The first-order chi connectivity index (χ1) is 29.4. The molecule has 8 heteroatoms. The summed E-state index contributed by atoms with van der Waals surface area (Å²) in [6.07, 6.45) is 13.7. The Balaban J connectivity index is 1.02. The van der Waals surface area contributed by atoms with Gasteiger partial charge in [0.15, 0.2) is 11.5 Å². The van der Waals surface area contributed by atoms with Gasteiger partial charge in [0, 0.05) is 73.4 Å². The largest absolute Gasteiger partial charge is 0.497 e. The second-order valence-corrected chi connectivity index (χ2v) is 17.0. The number of ether oxygens (including phenoxy) is 5. The minimum absolute atomic E-state index is 0.333. The van der Waals surface area contributed by atoms with E-state index in [0.717, 1.165) is 103 Å². The van der Waals surface area contributed by atoms with Crippen molar-refractivity contribution < 1.29 is 23.7 Å². The monoisotopic (exact) mass is 809 g/mol. The smallest absolute Gasteiger partial charge is 0.164 e. The first-order valence-electron chi connectivity index (χ1n) is 22.1. The zero-order valence-corrected chi connectivity index (χ0v) is 36.6. The summed E-state index contributed by atoms with van der Waals surface area (Å²) in [4.78, 5) is 10.0. The van der Waals surface area contributed by atoms with Gasteiger partial charge in [-0.25, -0.2) is 0 Å². The third-order valence-corrected chi connectivity index (χ3v) is 13.4. The average Bonchev–Trinajstić information content (AvgIpc) is 3.25. The van der Waals surface area contributed by atoms with Crippen LogP contribution in [0.4, 0.5) is 5.69 Å². The summed E-state index contributed by atoms with van der Waals surface area (Å²) < 4.78 is 29.3. The molecule has 1 aromatic heterocycles. The molecule has 0 unspecified atom stereocenters. The van der Waals surface area contributed by atoms with Gasteiger partial charge in [-0.05, 0) is 133 Å². The molecule has 0 N–H and O–H groups in total. The highest BCUT2D eigenvalue weighted by molar-refractivity contribution is 5.71. The van der Waals surface area contributed by atoms with Crippen molar-refractivity contribution in [2.24, 2.45) is 0 Å². The number of hydrogen-bond donors (Lipinski definition) is 0. The summed E-state index contributed by atoms with van der Waals surface area (Å²) in [5.74, 6) is 5.40. The van der Waals surface area contributed by atoms with Gasteiger partial charge in [0.25, 0.3) is 0 Å². The number of methoxy groups -OCH3 is 5. The lowest BCUT2D eigenvalue weighted by atomic mass is 9.76. The molecule has 0 radical (unpaired) electrons. The highest BCUT2D eigenvalue weighted by Crippen LogP contribution is 2.47. The lowest BCUT2D eigenvalue weighted by molar-refractivity contribution is 0.201. The van der Waals surface area contributed by atoms with Gasteiger partial charge in [-0.1, -0.05) is 44.4 Å². The van der Waals surface area contributed by atoms with E-state index in [1.807, 2.05) is 19.4 Å². The minimum Gasteiger partial charge on any atom is -0.497 e. The zero-order chi connectivity index (χ0) is 41.6. The van der Waals surface area contributed by atoms with E-state index in [0.29, 0.717) is 17.9 Å².